The van der Waals surface area contributed by atoms with E-state index in [9.17, 15) is 8.42 Å². The zero-order valence-corrected chi connectivity index (χ0v) is 16.8. The molecule has 151 valence electrons. The molecular formula is C19H39O5S. The van der Waals surface area contributed by atoms with Crippen LogP contribution in [0, 0.1) is 11.8 Å². The van der Waals surface area contributed by atoms with Crippen LogP contribution in [0.2, 0.25) is 0 Å². The lowest BCUT2D eigenvalue weighted by molar-refractivity contribution is 0.249. The lowest BCUT2D eigenvalue weighted by Crippen LogP contribution is -2.24. The van der Waals surface area contributed by atoms with Crippen LogP contribution in [0.5, 0.6) is 0 Å². The Morgan fingerprint density at radius 3 is 1.64 bits per heavy atom. The average molecular weight is 380 g/mol. The molecule has 3 N–H and O–H groups in total. The molecule has 0 spiro atoms. The van der Waals surface area contributed by atoms with Crippen molar-refractivity contribution in [1.29, 1.82) is 0 Å². The van der Waals surface area contributed by atoms with Crippen LogP contribution in [-0.4, -0.2) is 42.2 Å². The molecule has 0 heterocycles. The highest BCUT2D eigenvalue weighted by atomic mass is 32.2. The van der Waals surface area contributed by atoms with Gasteiger partial charge in [0.05, 0.1) is 5.75 Å². The van der Waals surface area contributed by atoms with E-state index < -0.39 is 10.1 Å². The molecule has 0 fully saturated rings. The Kier molecular flexibility index (Phi) is 15.9. The predicted octanol–water partition coefficient (Wildman–Crippen LogP) is 4.14. The number of hydrogen-bond acceptors (Lipinski definition) is 4. The van der Waals surface area contributed by atoms with Crippen molar-refractivity contribution in [2.75, 3.05) is 19.0 Å². The number of unbranched alkanes of at least 4 members (excludes halogenated alkanes) is 9. The highest BCUT2D eigenvalue weighted by Gasteiger charge is 2.25. The Morgan fingerprint density at radius 1 is 0.800 bits per heavy atom. The quantitative estimate of drug-likeness (QED) is 0.246. The van der Waals surface area contributed by atoms with Gasteiger partial charge in [-0.25, -0.2) is 0 Å². The van der Waals surface area contributed by atoms with Crippen molar-refractivity contribution in [3.05, 3.63) is 5.92 Å². The maximum atomic E-state index is 11.3. The molecule has 1 atom stereocenters. The maximum Gasteiger partial charge on any atom is 0.265 e. The van der Waals surface area contributed by atoms with Gasteiger partial charge >= 0.3 is 0 Å². The van der Waals surface area contributed by atoms with Crippen molar-refractivity contribution in [3.63, 3.8) is 0 Å². The lowest BCUT2D eigenvalue weighted by atomic mass is 9.84. The first-order chi connectivity index (χ1) is 11.9. The second kappa shape index (κ2) is 16.0. The number of aliphatic hydroxyl groups is 2. The Bertz CT molecular complexity index is 377. The number of rotatable bonds is 18. The summed E-state index contributed by atoms with van der Waals surface area (Å²) in [4.78, 5) is 0. The van der Waals surface area contributed by atoms with Crippen LogP contribution in [0.4, 0.5) is 0 Å². The smallest absolute Gasteiger partial charge is 0.265 e. The molecule has 1 unspecified atom stereocenters. The van der Waals surface area contributed by atoms with E-state index in [1.807, 2.05) is 0 Å². The van der Waals surface area contributed by atoms with Gasteiger partial charge in [-0.2, -0.15) is 8.42 Å². The highest BCUT2D eigenvalue weighted by Crippen LogP contribution is 2.28. The summed E-state index contributed by atoms with van der Waals surface area (Å²) in [5, 5.41) is 18.3. The second-order valence-electron chi connectivity index (χ2n) is 7.02. The summed E-state index contributed by atoms with van der Waals surface area (Å²) >= 11 is 0. The van der Waals surface area contributed by atoms with Crippen molar-refractivity contribution in [2.24, 2.45) is 5.92 Å². The van der Waals surface area contributed by atoms with Crippen molar-refractivity contribution in [1.82, 2.24) is 0 Å². The zero-order chi connectivity index (χ0) is 19.0. The molecule has 6 heteroatoms. The molecule has 25 heavy (non-hydrogen) atoms. The summed E-state index contributed by atoms with van der Waals surface area (Å²) in [5.41, 5.74) is 0. The topological polar surface area (TPSA) is 94.8 Å². The van der Waals surface area contributed by atoms with Crippen molar-refractivity contribution in [3.8, 4) is 0 Å². The molecule has 0 aliphatic carbocycles. The van der Waals surface area contributed by atoms with Crippen molar-refractivity contribution >= 4 is 10.1 Å². The van der Waals surface area contributed by atoms with Crippen molar-refractivity contribution in [2.45, 2.75) is 90.4 Å². The van der Waals surface area contributed by atoms with Crippen LogP contribution in [0.1, 0.15) is 90.4 Å². The summed E-state index contributed by atoms with van der Waals surface area (Å²) in [5.74, 6) is 0.265. The van der Waals surface area contributed by atoms with Crippen LogP contribution >= 0.6 is 0 Å². The van der Waals surface area contributed by atoms with Gasteiger partial charge in [0.15, 0.2) is 0 Å². The van der Waals surface area contributed by atoms with Gasteiger partial charge < -0.3 is 10.2 Å². The van der Waals surface area contributed by atoms with Crippen LogP contribution < -0.4 is 0 Å². The first kappa shape index (κ1) is 24.8. The van der Waals surface area contributed by atoms with E-state index in [2.05, 4.69) is 6.92 Å². The van der Waals surface area contributed by atoms with E-state index in [4.69, 9.17) is 14.8 Å². The standard InChI is InChI=1S/C19H39O5S/c1-2-3-4-5-6-7-8-9-10-11-12-19(17-25(22,23)24)18(13-15-20)14-16-21/h19-21H,2-17H2,1H3,(H,22,23,24). The van der Waals surface area contributed by atoms with Gasteiger partial charge in [-0.3, -0.25) is 4.55 Å². The normalized spacial score (nSPS) is 13.5. The van der Waals surface area contributed by atoms with Crippen LogP contribution in [0.25, 0.3) is 0 Å². The lowest BCUT2D eigenvalue weighted by Gasteiger charge is -2.24. The fourth-order valence-corrected chi connectivity index (χ4v) is 4.27. The van der Waals surface area contributed by atoms with Gasteiger partial charge in [0.2, 0.25) is 0 Å². The van der Waals surface area contributed by atoms with E-state index in [0.29, 0.717) is 19.3 Å². The van der Waals surface area contributed by atoms with E-state index in [1.165, 1.54) is 44.9 Å². The SMILES string of the molecule is CCCCCCCCCCCCC(CS(=O)(=O)O)[C](CCO)CCO. The van der Waals surface area contributed by atoms with E-state index in [0.717, 1.165) is 25.2 Å². The van der Waals surface area contributed by atoms with Gasteiger partial charge in [-0.15, -0.1) is 0 Å². The van der Waals surface area contributed by atoms with Gasteiger partial charge in [-0.1, -0.05) is 71.1 Å². The van der Waals surface area contributed by atoms with E-state index in [1.54, 1.807) is 0 Å². The predicted molar refractivity (Wildman–Crippen MR) is 103 cm³/mol. The zero-order valence-electron chi connectivity index (χ0n) is 16.0. The Balaban J connectivity index is 4.05. The summed E-state index contributed by atoms with van der Waals surface area (Å²) in [6.45, 7) is 2.10. The third kappa shape index (κ3) is 15.8. The molecule has 0 amide bonds. The molecule has 0 saturated carbocycles. The molecule has 0 bridgehead atoms. The molecule has 0 aromatic heterocycles. The molecule has 0 saturated heterocycles. The molecular weight excluding hydrogens is 340 g/mol. The fourth-order valence-electron chi connectivity index (χ4n) is 3.36. The second-order valence-corrected chi connectivity index (χ2v) is 8.52. The van der Waals surface area contributed by atoms with Crippen molar-refractivity contribution < 1.29 is 23.2 Å². The summed E-state index contributed by atoms with van der Waals surface area (Å²) < 4.78 is 31.7. The molecule has 1 radical (unpaired) electrons. The maximum absolute atomic E-state index is 11.3. The first-order valence-corrected chi connectivity index (χ1v) is 11.6. The van der Waals surface area contributed by atoms with E-state index in [-0.39, 0.29) is 24.9 Å². The van der Waals surface area contributed by atoms with Gasteiger partial charge in [0, 0.05) is 13.2 Å². The Hall–Kier alpha value is -0.170. The highest BCUT2D eigenvalue weighted by molar-refractivity contribution is 7.85. The van der Waals surface area contributed by atoms with Crippen LogP contribution in [-0.2, 0) is 10.1 Å². The Morgan fingerprint density at radius 2 is 1.24 bits per heavy atom. The minimum absolute atomic E-state index is 0.0602. The van der Waals surface area contributed by atoms with Crippen LogP contribution in [0.15, 0.2) is 0 Å². The number of hydrogen-bond donors (Lipinski definition) is 3. The van der Waals surface area contributed by atoms with Gasteiger partial charge in [-0.05, 0) is 31.1 Å². The minimum atomic E-state index is -4.05. The molecule has 5 nitrogen and oxygen atoms in total. The summed E-state index contributed by atoms with van der Waals surface area (Å²) in [6, 6.07) is 0. The monoisotopic (exact) mass is 379 g/mol. The van der Waals surface area contributed by atoms with E-state index >= 15 is 0 Å². The average Bonchev–Trinajstić information content (AvgIpc) is 2.54. The molecule has 0 aromatic carbocycles. The van der Waals surface area contributed by atoms with Gasteiger partial charge in [0.1, 0.15) is 0 Å². The minimum Gasteiger partial charge on any atom is -0.396 e. The summed E-state index contributed by atoms with van der Waals surface area (Å²) in [7, 11) is -4.05. The molecule has 0 aromatic rings. The van der Waals surface area contributed by atoms with Gasteiger partial charge in [0.25, 0.3) is 10.1 Å². The largest absolute Gasteiger partial charge is 0.396 e. The third-order valence-corrected chi connectivity index (χ3v) is 5.58. The summed E-state index contributed by atoms with van der Waals surface area (Å²) in [6.07, 6.45) is 13.6. The molecule has 0 aliphatic heterocycles. The molecule has 0 aliphatic rings. The fraction of sp³-hybridized carbons (Fsp3) is 0.947. The Labute approximate surface area is 155 Å². The first-order valence-electron chi connectivity index (χ1n) is 9.96. The number of aliphatic hydroxyl groups excluding tert-OH is 2. The molecule has 0 rings (SSSR count). The third-order valence-electron chi connectivity index (χ3n) is 4.76. The van der Waals surface area contributed by atoms with Crippen LogP contribution in [0.3, 0.4) is 0 Å².